The van der Waals surface area contributed by atoms with Crippen molar-refractivity contribution in [2.75, 3.05) is 4.90 Å². The Kier molecular flexibility index (Phi) is 7.81. The molecule has 0 radical (unpaired) electrons. The van der Waals surface area contributed by atoms with E-state index in [0.717, 1.165) is 29.7 Å². The number of aliphatic hydroxyl groups is 1. The normalized spacial score (nSPS) is 17.1. The second-order valence-electron chi connectivity index (χ2n) is 7.75. The molecule has 166 valence electrons. The van der Waals surface area contributed by atoms with E-state index in [2.05, 4.69) is 12.2 Å². The number of amides is 3. The summed E-state index contributed by atoms with van der Waals surface area (Å²) in [5.74, 6) is -1.27. The molecular formula is C23H28N2O5S. The largest absolute Gasteiger partial charge is 0.477 e. The van der Waals surface area contributed by atoms with E-state index in [1.807, 2.05) is 0 Å². The fourth-order valence-electron chi connectivity index (χ4n) is 3.77. The molecule has 0 aliphatic carbocycles. The van der Waals surface area contributed by atoms with Gasteiger partial charge in [-0.05, 0) is 55.5 Å². The Hall–Kier alpha value is -2.71. The third-order valence-electron chi connectivity index (χ3n) is 5.47. The van der Waals surface area contributed by atoms with Crippen molar-refractivity contribution in [3.8, 4) is 0 Å². The molecule has 3 N–H and O–H groups in total. The van der Waals surface area contributed by atoms with E-state index < -0.39 is 24.1 Å². The van der Waals surface area contributed by atoms with Crippen LogP contribution in [0.5, 0.6) is 0 Å². The standard InChI is InChI=1S/C23H28N2O5S/c1-2-3-4-8-19(26)15-9-11-16(12-10-15)25-18(21(27)24-23(25)30)7-5-6-17-13-14-20(31-17)22(28)29/h9-14,18-19,26H,2-8H2,1H3,(H,28,29)(H,24,27,30). The summed E-state index contributed by atoms with van der Waals surface area (Å²) in [7, 11) is 0. The minimum absolute atomic E-state index is 0.294. The van der Waals surface area contributed by atoms with Crippen LogP contribution in [-0.4, -0.2) is 34.2 Å². The Balaban J connectivity index is 1.62. The molecule has 0 spiro atoms. The summed E-state index contributed by atoms with van der Waals surface area (Å²) in [6.07, 6.45) is 5.07. The summed E-state index contributed by atoms with van der Waals surface area (Å²) in [4.78, 5) is 38.4. The minimum Gasteiger partial charge on any atom is -0.477 e. The Morgan fingerprint density at radius 2 is 1.87 bits per heavy atom. The number of aliphatic hydroxyl groups excluding tert-OH is 1. The van der Waals surface area contributed by atoms with Crippen LogP contribution in [0, 0.1) is 0 Å². The van der Waals surface area contributed by atoms with Crippen LogP contribution in [0.4, 0.5) is 10.5 Å². The van der Waals surface area contributed by atoms with Crippen LogP contribution in [0.3, 0.4) is 0 Å². The highest BCUT2D eigenvalue weighted by Gasteiger charge is 2.38. The molecule has 2 heterocycles. The summed E-state index contributed by atoms with van der Waals surface area (Å²) < 4.78 is 0. The van der Waals surface area contributed by atoms with E-state index in [1.165, 1.54) is 16.2 Å². The van der Waals surface area contributed by atoms with Crippen molar-refractivity contribution in [1.29, 1.82) is 0 Å². The van der Waals surface area contributed by atoms with E-state index in [1.54, 1.807) is 36.4 Å². The molecule has 0 bridgehead atoms. The van der Waals surface area contributed by atoms with Gasteiger partial charge in [0.2, 0.25) is 0 Å². The number of carbonyl (C=O) groups excluding carboxylic acids is 2. The number of hydrogen-bond donors (Lipinski definition) is 3. The highest BCUT2D eigenvalue weighted by molar-refractivity contribution is 7.13. The molecular weight excluding hydrogens is 416 g/mol. The topological polar surface area (TPSA) is 107 Å². The van der Waals surface area contributed by atoms with Gasteiger partial charge in [-0.1, -0.05) is 38.3 Å². The van der Waals surface area contributed by atoms with E-state index in [9.17, 15) is 19.5 Å². The molecule has 3 rings (SSSR count). The van der Waals surface area contributed by atoms with Crippen LogP contribution in [0.15, 0.2) is 36.4 Å². The molecule has 1 aliphatic rings. The van der Waals surface area contributed by atoms with E-state index >= 15 is 0 Å². The van der Waals surface area contributed by atoms with Crippen LogP contribution < -0.4 is 10.2 Å². The van der Waals surface area contributed by atoms with Gasteiger partial charge in [0.05, 0.1) is 6.10 Å². The number of nitrogens with zero attached hydrogens (tertiary/aromatic N) is 1. The fourth-order valence-corrected chi connectivity index (χ4v) is 4.66. The Morgan fingerprint density at radius 3 is 2.52 bits per heavy atom. The molecule has 1 aromatic carbocycles. The molecule has 7 nitrogen and oxygen atoms in total. The van der Waals surface area contributed by atoms with Gasteiger partial charge in [-0.2, -0.15) is 0 Å². The number of rotatable bonds is 11. The molecule has 1 fully saturated rings. The Morgan fingerprint density at radius 1 is 1.13 bits per heavy atom. The average Bonchev–Trinajstić information content (AvgIpc) is 3.33. The zero-order valence-electron chi connectivity index (χ0n) is 17.5. The van der Waals surface area contributed by atoms with Crippen LogP contribution in [0.25, 0.3) is 0 Å². The number of nitrogens with one attached hydrogen (secondary N) is 1. The molecule has 2 atom stereocenters. The lowest BCUT2D eigenvalue weighted by atomic mass is 10.0. The first-order valence-corrected chi connectivity index (χ1v) is 11.5. The van der Waals surface area contributed by atoms with Gasteiger partial charge >= 0.3 is 12.0 Å². The first-order valence-electron chi connectivity index (χ1n) is 10.6. The number of aromatic carboxylic acids is 1. The van der Waals surface area contributed by atoms with Gasteiger partial charge in [0.1, 0.15) is 10.9 Å². The summed E-state index contributed by atoms with van der Waals surface area (Å²) in [6.45, 7) is 2.12. The van der Waals surface area contributed by atoms with Gasteiger partial charge in [0.15, 0.2) is 0 Å². The van der Waals surface area contributed by atoms with Gasteiger partial charge < -0.3 is 10.2 Å². The monoisotopic (exact) mass is 444 g/mol. The summed E-state index contributed by atoms with van der Waals surface area (Å²) in [6, 6.07) is 9.46. The molecule has 0 saturated carbocycles. The Bertz CT molecular complexity index is 924. The second kappa shape index (κ2) is 10.5. The fraction of sp³-hybridized carbons (Fsp3) is 0.435. The van der Waals surface area contributed by atoms with Crippen molar-refractivity contribution < 1.29 is 24.6 Å². The van der Waals surface area contributed by atoms with E-state index in [0.29, 0.717) is 36.2 Å². The van der Waals surface area contributed by atoms with Gasteiger partial charge in [0.25, 0.3) is 5.91 Å². The maximum Gasteiger partial charge on any atom is 0.345 e. The first kappa shape index (κ1) is 23.0. The number of carboxylic acid groups (broad SMARTS) is 1. The number of imide groups is 1. The SMILES string of the molecule is CCCCCC(O)c1ccc(N2C(=O)NC(=O)C2CCCc2ccc(C(=O)O)s2)cc1. The highest BCUT2D eigenvalue weighted by Crippen LogP contribution is 2.28. The van der Waals surface area contributed by atoms with Crippen molar-refractivity contribution >= 4 is 34.9 Å². The molecule has 1 aromatic heterocycles. The number of carboxylic acids is 1. The lowest BCUT2D eigenvalue weighted by Gasteiger charge is -2.22. The number of thiophene rings is 1. The summed E-state index contributed by atoms with van der Waals surface area (Å²) in [5, 5.41) is 21.7. The third kappa shape index (κ3) is 5.71. The second-order valence-corrected chi connectivity index (χ2v) is 8.91. The number of unbranched alkanes of at least 4 members (excludes halogenated alkanes) is 2. The van der Waals surface area contributed by atoms with Gasteiger partial charge in [-0.3, -0.25) is 15.0 Å². The number of aryl methyl sites for hydroxylation is 1. The predicted octanol–water partition coefficient (Wildman–Crippen LogP) is 4.51. The number of benzene rings is 1. The van der Waals surface area contributed by atoms with Crippen molar-refractivity contribution in [2.45, 2.75) is 64.0 Å². The lowest BCUT2D eigenvalue weighted by Crippen LogP contribution is -2.35. The van der Waals surface area contributed by atoms with Crippen LogP contribution in [0.2, 0.25) is 0 Å². The quantitative estimate of drug-likeness (QED) is 0.349. The third-order valence-corrected chi connectivity index (χ3v) is 6.61. The summed E-state index contributed by atoms with van der Waals surface area (Å²) >= 11 is 1.23. The average molecular weight is 445 g/mol. The minimum atomic E-state index is -0.942. The van der Waals surface area contributed by atoms with Crippen molar-refractivity contribution in [3.05, 3.63) is 51.7 Å². The van der Waals surface area contributed by atoms with Gasteiger partial charge in [0, 0.05) is 10.6 Å². The van der Waals surface area contributed by atoms with Crippen molar-refractivity contribution in [2.24, 2.45) is 0 Å². The summed E-state index contributed by atoms with van der Waals surface area (Å²) in [5.41, 5.74) is 1.41. The highest BCUT2D eigenvalue weighted by atomic mass is 32.1. The maximum absolute atomic E-state index is 12.4. The predicted molar refractivity (Wildman–Crippen MR) is 120 cm³/mol. The smallest absolute Gasteiger partial charge is 0.345 e. The number of hydrogen-bond acceptors (Lipinski definition) is 5. The van der Waals surface area contributed by atoms with Gasteiger partial charge in [-0.15, -0.1) is 11.3 Å². The number of urea groups is 1. The molecule has 2 aromatic rings. The zero-order chi connectivity index (χ0) is 22.4. The molecule has 31 heavy (non-hydrogen) atoms. The molecule has 2 unspecified atom stereocenters. The number of anilines is 1. The van der Waals surface area contributed by atoms with Crippen molar-refractivity contribution in [3.63, 3.8) is 0 Å². The molecule has 1 saturated heterocycles. The van der Waals surface area contributed by atoms with E-state index in [4.69, 9.17) is 5.11 Å². The molecule has 3 amide bonds. The molecule has 1 aliphatic heterocycles. The zero-order valence-corrected chi connectivity index (χ0v) is 18.4. The van der Waals surface area contributed by atoms with Crippen LogP contribution in [0.1, 0.15) is 71.7 Å². The van der Waals surface area contributed by atoms with Crippen LogP contribution in [-0.2, 0) is 11.2 Å². The maximum atomic E-state index is 12.4. The molecule has 8 heteroatoms. The van der Waals surface area contributed by atoms with Gasteiger partial charge in [-0.25, -0.2) is 9.59 Å². The van der Waals surface area contributed by atoms with E-state index in [-0.39, 0.29) is 5.91 Å². The number of carbonyl (C=O) groups is 3. The Labute approximate surface area is 185 Å². The first-order chi connectivity index (χ1) is 14.9. The lowest BCUT2D eigenvalue weighted by molar-refractivity contribution is -0.120. The van der Waals surface area contributed by atoms with Crippen molar-refractivity contribution in [1.82, 2.24) is 5.32 Å². The van der Waals surface area contributed by atoms with Crippen LogP contribution >= 0.6 is 11.3 Å².